The van der Waals surface area contributed by atoms with Crippen LogP contribution in [-0.2, 0) is 4.79 Å². The lowest BCUT2D eigenvalue weighted by atomic mass is 9.93. The average molecular weight is 326 g/mol. The standard InChI is InChI=1S/C16H20ClNO4/c1-22-14-6-5-12(17)9-13(14)16(21)18-8-2-3-11(10-18)4-7-15(19)20/h5-6,9,11H,2-4,7-8,10H2,1H3,(H,19,20)/t11-/m1/s1. The average Bonchev–Trinajstić information content (AvgIpc) is 2.52. The maximum absolute atomic E-state index is 12.7. The van der Waals surface area contributed by atoms with Crippen molar-refractivity contribution >= 4 is 23.5 Å². The predicted molar refractivity (Wildman–Crippen MR) is 83.5 cm³/mol. The number of amides is 1. The molecular formula is C16H20ClNO4. The van der Waals surface area contributed by atoms with Crippen LogP contribution in [0.4, 0.5) is 0 Å². The summed E-state index contributed by atoms with van der Waals surface area (Å²) in [7, 11) is 1.52. The maximum Gasteiger partial charge on any atom is 0.303 e. The number of carbonyl (C=O) groups is 2. The van der Waals surface area contributed by atoms with E-state index in [2.05, 4.69) is 0 Å². The SMILES string of the molecule is COc1ccc(Cl)cc1C(=O)N1CCC[C@H](CCC(=O)O)C1. The number of carboxylic acid groups (broad SMARTS) is 1. The second kappa shape index (κ2) is 7.49. The highest BCUT2D eigenvalue weighted by Crippen LogP contribution is 2.27. The number of likely N-dealkylation sites (tertiary alicyclic amines) is 1. The van der Waals surface area contributed by atoms with E-state index in [0.29, 0.717) is 35.8 Å². The molecule has 0 spiro atoms. The fourth-order valence-corrected chi connectivity index (χ4v) is 3.00. The van der Waals surface area contributed by atoms with Crippen LogP contribution in [0, 0.1) is 5.92 Å². The first-order valence-corrected chi connectivity index (χ1v) is 7.73. The van der Waals surface area contributed by atoms with Crippen LogP contribution in [0.25, 0.3) is 0 Å². The molecule has 2 rings (SSSR count). The van der Waals surface area contributed by atoms with Crippen LogP contribution in [0.5, 0.6) is 5.75 Å². The minimum Gasteiger partial charge on any atom is -0.496 e. The normalized spacial score (nSPS) is 18.1. The molecule has 22 heavy (non-hydrogen) atoms. The van der Waals surface area contributed by atoms with Crippen LogP contribution in [-0.4, -0.2) is 42.1 Å². The number of carboxylic acids is 1. The van der Waals surface area contributed by atoms with E-state index in [4.69, 9.17) is 21.4 Å². The van der Waals surface area contributed by atoms with Crippen LogP contribution < -0.4 is 4.74 Å². The third-order valence-corrected chi connectivity index (χ3v) is 4.20. The Morgan fingerprint density at radius 3 is 2.91 bits per heavy atom. The van der Waals surface area contributed by atoms with Gasteiger partial charge in [0.1, 0.15) is 5.75 Å². The third kappa shape index (κ3) is 4.13. The molecule has 0 aromatic heterocycles. The zero-order valence-electron chi connectivity index (χ0n) is 12.5. The minimum absolute atomic E-state index is 0.112. The molecule has 0 radical (unpaired) electrons. The zero-order chi connectivity index (χ0) is 16.1. The molecule has 1 amide bonds. The summed E-state index contributed by atoms with van der Waals surface area (Å²) in [5, 5.41) is 9.27. The summed E-state index contributed by atoms with van der Waals surface area (Å²) in [6.45, 7) is 1.26. The van der Waals surface area contributed by atoms with Crippen LogP contribution in [0.2, 0.25) is 5.02 Å². The van der Waals surface area contributed by atoms with Gasteiger partial charge in [0.05, 0.1) is 12.7 Å². The monoisotopic (exact) mass is 325 g/mol. The second-order valence-electron chi connectivity index (χ2n) is 5.54. The molecule has 1 aromatic rings. The van der Waals surface area contributed by atoms with Crippen molar-refractivity contribution in [3.63, 3.8) is 0 Å². The molecular weight excluding hydrogens is 306 g/mol. The molecule has 1 aromatic carbocycles. The molecule has 6 heteroatoms. The number of aliphatic carboxylic acids is 1. The van der Waals surface area contributed by atoms with Crippen molar-refractivity contribution < 1.29 is 19.4 Å². The predicted octanol–water partition coefficient (Wildman–Crippen LogP) is 3.07. The molecule has 1 N–H and O–H groups in total. The van der Waals surface area contributed by atoms with Gasteiger partial charge < -0.3 is 14.7 Å². The van der Waals surface area contributed by atoms with Crippen molar-refractivity contribution in [3.05, 3.63) is 28.8 Å². The van der Waals surface area contributed by atoms with Gasteiger partial charge in [0.25, 0.3) is 5.91 Å². The molecule has 1 atom stereocenters. The first kappa shape index (κ1) is 16.6. The molecule has 0 bridgehead atoms. The van der Waals surface area contributed by atoms with Crippen molar-refractivity contribution in [2.24, 2.45) is 5.92 Å². The molecule has 120 valence electrons. The number of ether oxygens (including phenoxy) is 1. The number of hydrogen-bond acceptors (Lipinski definition) is 3. The second-order valence-corrected chi connectivity index (χ2v) is 5.97. The summed E-state index contributed by atoms with van der Waals surface area (Å²) >= 11 is 5.98. The fourth-order valence-electron chi connectivity index (χ4n) is 2.83. The van der Waals surface area contributed by atoms with Gasteiger partial charge in [-0.05, 0) is 43.4 Å². The van der Waals surface area contributed by atoms with Crippen molar-refractivity contribution in [1.82, 2.24) is 4.90 Å². The summed E-state index contributed by atoms with van der Waals surface area (Å²) < 4.78 is 5.23. The number of nitrogens with zero attached hydrogens (tertiary/aromatic N) is 1. The number of hydrogen-bond donors (Lipinski definition) is 1. The zero-order valence-corrected chi connectivity index (χ0v) is 13.3. The molecule has 0 unspecified atom stereocenters. The van der Waals surface area contributed by atoms with E-state index in [0.717, 1.165) is 12.8 Å². The quantitative estimate of drug-likeness (QED) is 0.903. The number of halogens is 1. The van der Waals surface area contributed by atoms with Gasteiger partial charge in [-0.1, -0.05) is 11.6 Å². The van der Waals surface area contributed by atoms with Crippen LogP contribution in [0.3, 0.4) is 0 Å². The van der Waals surface area contributed by atoms with Gasteiger partial charge in [0.15, 0.2) is 0 Å². The van der Waals surface area contributed by atoms with Crippen molar-refractivity contribution in [3.8, 4) is 5.75 Å². The highest BCUT2D eigenvalue weighted by atomic mass is 35.5. The third-order valence-electron chi connectivity index (χ3n) is 3.96. The Bertz CT molecular complexity index is 561. The summed E-state index contributed by atoms with van der Waals surface area (Å²) in [6, 6.07) is 4.98. The first-order chi connectivity index (χ1) is 10.5. The Morgan fingerprint density at radius 1 is 1.45 bits per heavy atom. The summed E-state index contributed by atoms with van der Waals surface area (Å²) in [6.07, 6.45) is 2.60. The molecule has 1 heterocycles. The highest BCUT2D eigenvalue weighted by Gasteiger charge is 2.26. The number of benzene rings is 1. The van der Waals surface area contributed by atoms with Crippen LogP contribution in [0.1, 0.15) is 36.0 Å². The number of methoxy groups -OCH3 is 1. The largest absolute Gasteiger partial charge is 0.496 e. The van der Waals surface area contributed by atoms with E-state index in [1.807, 2.05) is 0 Å². The van der Waals surface area contributed by atoms with Crippen molar-refractivity contribution in [1.29, 1.82) is 0 Å². The van der Waals surface area contributed by atoms with Crippen LogP contribution in [0.15, 0.2) is 18.2 Å². The van der Waals surface area contributed by atoms with E-state index < -0.39 is 5.97 Å². The molecule has 1 aliphatic rings. The summed E-state index contributed by atoms with van der Waals surface area (Å²) in [5.74, 6) is -0.166. The fraction of sp³-hybridized carbons (Fsp3) is 0.500. The Kier molecular flexibility index (Phi) is 5.66. The van der Waals surface area contributed by atoms with Crippen molar-refractivity contribution in [2.45, 2.75) is 25.7 Å². The summed E-state index contributed by atoms with van der Waals surface area (Å²) in [4.78, 5) is 25.1. The van der Waals surface area contributed by atoms with E-state index >= 15 is 0 Å². The highest BCUT2D eigenvalue weighted by molar-refractivity contribution is 6.31. The molecule has 5 nitrogen and oxygen atoms in total. The lowest BCUT2D eigenvalue weighted by Crippen LogP contribution is -2.40. The lowest BCUT2D eigenvalue weighted by Gasteiger charge is -2.33. The van der Waals surface area contributed by atoms with Crippen LogP contribution >= 0.6 is 11.6 Å². The lowest BCUT2D eigenvalue weighted by molar-refractivity contribution is -0.137. The van der Waals surface area contributed by atoms with E-state index in [-0.39, 0.29) is 18.2 Å². The Hall–Kier alpha value is -1.75. The van der Waals surface area contributed by atoms with E-state index in [9.17, 15) is 9.59 Å². The molecule has 0 aliphatic carbocycles. The van der Waals surface area contributed by atoms with Gasteiger partial charge in [-0.25, -0.2) is 0 Å². The minimum atomic E-state index is -0.792. The number of rotatable bonds is 5. The van der Waals surface area contributed by atoms with Gasteiger partial charge in [-0.15, -0.1) is 0 Å². The smallest absolute Gasteiger partial charge is 0.303 e. The Morgan fingerprint density at radius 2 is 2.23 bits per heavy atom. The van der Waals surface area contributed by atoms with E-state index in [1.54, 1.807) is 23.1 Å². The molecule has 1 saturated heterocycles. The summed E-state index contributed by atoms with van der Waals surface area (Å²) in [5.41, 5.74) is 0.453. The maximum atomic E-state index is 12.7. The van der Waals surface area contributed by atoms with Gasteiger partial charge in [0, 0.05) is 24.5 Å². The Balaban J connectivity index is 2.08. The molecule has 0 saturated carbocycles. The van der Waals surface area contributed by atoms with Crippen molar-refractivity contribution in [2.75, 3.05) is 20.2 Å². The van der Waals surface area contributed by atoms with Gasteiger partial charge in [0.2, 0.25) is 0 Å². The van der Waals surface area contributed by atoms with Gasteiger partial charge >= 0.3 is 5.97 Å². The molecule has 1 aliphatic heterocycles. The van der Waals surface area contributed by atoms with E-state index in [1.165, 1.54) is 7.11 Å². The molecule has 1 fully saturated rings. The Labute approximate surface area is 134 Å². The van der Waals surface area contributed by atoms with Gasteiger partial charge in [-0.2, -0.15) is 0 Å². The number of piperidine rings is 1. The van der Waals surface area contributed by atoms with Gasteiger partial charge in [-0.3, -0.25) is 9.59 Å². The first-order valence-electron chi connectivity index (χ1n) is 7.36. The topological polar surface area (TPSA) is 66.8 Å². The number of carbonyl (C=O) groups excluding carboxylic acids is 1.